The highest BCUT2D eigenvalue weighted by molar-refractivity contribution is 5.96. The number of rotatable bonds is 11. The van der Waals surface area contributed by atoms with Gasteiger partial charge in [-0.2, -0.15) is 0 Å². The Morgan fingerprint density at radius 2 is 2.08 bits per heavy atom. The Morgan fingerprint density at radius 3 is 2.81 bits per heavy atom. The molecular weight excluding hydrogens is 474 g/mol. The minimum absolute atomic E-state index is 0.00359. The second-order valence-corrected chi connectivity index (χ2v) is 8.46. The van der Waals surface area contributed by atoms with Gasteiger partial charge in [0.2, 0.25) is 0 Å². The number of likely N-dealkylation sites (N-methyl/N-ethyl adjacent to an activating group) is 1. The summed E-state index contributed by atoms with van der Waals surface area (Å²) in [6, 6.07) is 11.3. The highest BCUT2D eigenvalue weighted by atomic mass is 19.1. The second-order valence-electron chi connectivity index (χ2n) is 8.46. The molecule has 2 aromatic carbocycles. The molecule has 0 bridgehead atoms. The van der Waals surface area contributed by atoms with E-state index in [1.165, 1.54) is 12.1 Å². The second kappa shape index (κ2) is 14.1. The predicted molar refractivity (Wildman–Crippen MR) is 147 cm³/mol. The molecule has 0 aliphatic carbocycles. The highest BCUT2D eigenvalue weighted by Gasteiger charge is 2.21. The smallest absolute Gasteiger partial charge is 0.319 e. The van der Waals surface area contributed by atoms with E-state index in [0.29, 0.717) is 53.4 Å². The monoisotopic (exact) mass is 508 g/mol. The van der Waals surface area contributed by atoms with Gasteiger partial charge < -0.3 is 26.0 Å². The number of halogens is 2. The zero-order valence-corrected chi connectivity index (χ0v) is 21.1. The molecule has 0 saturated heterocycles. The molecule has 1 heterocycles. The van der Waals surface area contributed by atoms with Crippen molar-refractivity contribution in [1.82, 2.24) is 10.2 Å². The molecule has 0 aromatic heterocycles. The number of hydrogen-bond acceptors (Lipinski definition) is 4. The topological polar surface area (TPSA) is 79.6 Å². The molecule has 1 aliphatic rings. The van der Waals surface area contributed by atoms with Crippen LogP contribution in [0.25, 0.3) is 11.6 Å². The minimum Gasteiger partial charge on any atom is -0.488 e. The lowest BCUT2D eigenvalue weighted by atomic mass is 9.92. The highest BCUT2D eigenvalue weighted by Crippen LogP contribution is 2.38. The number of carbonyl (C=O) groups is 1. The summed E-state index contributed by atoms with van der Waals surface area (Å²) in [7, 11) is 0. The van der Waals surface area contributed by atoms with Crippen LogP contribution in [0.1, 0.15) is 18.1 Å². The fourth-order valence-electron chi connectivity index (χ4n) is 4.04. The quantitative estimate of drug-likeness (QED) is 0.366. The van der Waals surface area contributed by atoms with Gasteiger partial charge in [-0.1, -0.05) is 43.9 Å². The Hall–Kier alpha value is -3.75. The van der Waals surface area contributed by atoms with E-state index in [2.05, 4.69) is 29.0 Å². The van der Waals surface area contributed by atoms with Gasteiger partial charge in [0, 0.05) is 49.1 Å². The number of nitrogens with one attached hydrogen (secondary N) is 2. The van der Waals surface area contributed by atoms with Gasteiger partial charge >= 0.3 is 6.03 Å². The molecule has 0 unspecified atom stereocenters. The van der Waals surface area contributed by atoms with E-state index in [0.717, 1.165) is 18.7 Å². The number of hydrogen-bond donors (Lipinski definition) is 3. The van der Waals surface area contributed by atoms with E-state index in [-0.39, 0.29) is 12.6 Å². The van der Waals surface area contributed by atoms with Gasteiger partial charge in [0.05, 0.1) is 0 Å². The molecule has 1 aliphatic heterocycles. The van der Waals surface area contributed by atoms with Crippen molar-refractivity contribution in [2.75, 3.05) is 51.3 Å². The molecule has 196 valence electrons. The number of alkyl halides is 1. The number of anilines is 1. The molecule has 0 atom stereocenters. The van der Waals surface area contributed by atoms with Crippen molar-refractivity contribution in [3.8, 4) is 5.75 Å². The van der Waals surface area contributed by atoms with Crippen molar-refractivity contribution in [2.45, 2.75) is 6.92 Å². The average molecular weight is 509 g/mol. The maximum atomic E-state index is 14.0. The van der Waals surface area contributed by atoms with Gasteiger partial charge in [-0.15, -0.1) is 0 Å². The molecular formula is C29H34F2N4O2. The summed E-state index contributed by atoms with van der Waals surface area (Å²) < 4.78 is 33.7. The summed E-state index contributed by atoms with van der Waals surface area (Å²) in [5.41, 5.74) is 9.38. The SMILES string of the molecule is C=C/C=C\C1=C(CF)COc2cc(F)ccc2/C1=C/c1cccc(NC(=O)NCCN(CC)CCN)c1. The van der Waals surface area contributed by atoms with Crippen LogP contribution < -0.4 is 21.1 Å². The third-order valence-electron chi connectivity index (χ3n) is 5.93. The maximum Gasteiger partial charge on any atom is 0.319 e. The zero-order chi connectivity index (χ0) is 26.6. The van der Waals surface area contributed by atoms with Gasteiger partial charge in [0.15, 0.2) is 0 Å². The molecule has 3 rings (SSSR count). The summed E-state index contributed by atoms with van der Waals surface area (Å²) in [6.07, 6.45) is 6.98. The van der Waals surface area contributed by atoms with E-state index in [4.69, 9.17) is 10.5 Å². The van der Waals surface area contributed by atoms with Crippen molar-refractivity contribution < 1.29 is 18.3 Å². The lowest BCUT2D eigenvalue weighted by Crippen LogP contribution is -2.38. The number of carbonyl (C=O) groups excluding carboxylic acids is 1. The Balaban J connectivity index is 1.88. The lowest BCUT2D eigenvalue weighted by molar-refractivity contribution is 0.247. The number of urea groups is 1. The third kappa shape index (κ3) is 7.87. The number of benzene rings is 2. The van der Waals surface area contributed by atoms with Crippen molar-refractivity contribution in [3.05, 3.63) is 95.4 Å². The molecule has 0 spiro atoms. The van der Waals surface area contributed by atoms with Gasteiger partial charge in [0.1, 0.15) is 24.8 Å². The van der Waals surface area contributed by atoms with E-state index in [1.54, 1.807) is 30.4 Å². The normalized spacial score (nSPS) is 14.5. The first-order valence-corrected chi connectivity index (χ1v) is 12.3. The van der Waals surface area contributed by atoms with Crippen LogP contribution in [0.3, 0.4) is 0 Å². The third-order valence-corrected chi connectivity index (χ3v) is 5.93. The van der Waals surface area contributed by atoms with Crippen LogP contribution in [-0.2, 0) is 0 Å². The van der Waals surface area contributed by atoms with Crippen LogP contribution in [0.15, 0.2) is 78.4 Å². The Kier molecular flexibility index (Phi) is 10.6. The summed E-state index contributed by atoms with van der Waals surface area (Å²) in [6.45, 7) is 8.46. The number of amides is 2. The van der Waals surface area contributed by atoms with Crippen LogP contribution >= 0.6 is 0 Å². The number of ether oxygens (including phenoxy) is 1. The maximum absolute atomic E-state index is 14.0. The summed E-state index contributed by atoms with van der Waals surface area (Å²) >= 11 is 0. The summed E-state index contributed by atoms with van der Waals surface area (Å²) in [5.74, 6) is -0.101. The number of fused-ring (bicyclic) bond motifs is 1. The van der Waals surface area contributed by atoms with Crippen molar-refractivity contribution in [3.63, 3.8) is 0 Å². The Bertz CT molecular complexity index is 1190. The van der Waals surface area contributed by atoms with E-state index in [1.807, 2.05) is 24.3 Å². The first kappa shape index (κ1) is 27.8. The molecule has 6 nitrogen and oxygen atoms in total. The van der Waals surface area contributed by atoms with Crippen LogP contribution in [0.5, 0.6) is 5.75 Å². The van der Waals surface area contributed by atoms with E-state index >= 15 is 0 Å². The van der Waals surface area contributed by atoms with Gasteiger partial charge in [-0.25, -0.2) is 13.6 Å². The van der Waals surface area contributed by atoms with Crippen LogP contribution in [0, 0.1) is 5.82 Å². The van der Waals surface area contributed by atoms with Crippen molar-refractivity contribution in [2.24, 2.45) is 5.73 Å². The zero-order valence-electron chi connectivity index (χ0n) is 21.1. The Morgan fingerprint density at radius 1 is 1.24 bits per heavy atom. The molecule has 0 fully saturated rings. The minimum atomic E-state index is -0.715. The standard InChI is InChI=1S/C29H34F2N4O2/c1-3-5-9-25-22(19-30)20-37-28-18-23(31)10-11-26(28)27(25)17-21-7-6-8-24(16-21)34-29(36)33-13-15-35(4-2)14-12-32/h3,5-11,16-18H,1,4,12-15,19-20,32H2,2H3,(H2,33,34,36)/b9-5-,27-17+. The molecule has 0 saturated carbocycles. The number of allylic oxidation sites excluding steroid dienone is 5. The lowest BCUT2D eigenvalue weighted by Gasteiger charge is -2.19. The largest absolute Gasteiger partial charge is 0.488 e. The van der Waals surface area contributed by atoms with E-state index < -0.39 is 12.5 Å². The summed E-state index contributed by atoms with van der Waals surface area (Å²) in [4.78, 5) is 14.6. The van der Waals surface area contributed by atoms with Gasteiger partial charge in [-0.05, 0) is 53.6 Å². The van der Waals surface area contributed by atoms with Crippen LogP contribution in [0.2, 0.25) is 0 Å². The number of nitrogens with zero attached hydrogens (tertiary/aromatic N) is 1. The van der Waals surface area contributed by atoms with E-state index in [9.17, 15) is 13.6 Å². The van der Waals surface area contributed by atoms with Crippen LogP contribution in [-0.4, -0.2) is 56.9 Å². The molecule has 4 N–H and O–H groups in total. The van der Waals surface area contributed by atoms with Gasteiger partial charge in [-0.3, -0.25) is 0 Å². The predicted octanol–water partition coefficient (Wildman–Crippen LogP) is 5.17. The van der Waals surface area contributed by atoms with Crippen molar-refractivity contribution >= 4 is 23.4 Å². The molecule has 8 heteroatoms. The first-order valence-electron chi connectivity index (χ1n) is 12.3. The fraction of sp³-hybridized carbons (Fsp3) is 0.276. The molecule has 37 heavy (non-hydrogen) atoms. The van der Waals surface area contributed by atoms with Crippen molar-refractivity contribution in [1.29, 1.82) is 0 Å². The fourth-order valence-corrected chi connectivity index (χ4v) is 4.04. The summed E-state index contributed by atoms with van der Waals surface area (Å²) in [5, 5.41) is 5.71. The number of nitrogens with two attached hydrogens (primary N) is 1. The Labute approximate surface area is 217 Å². The molecule has 2 amide bonds. The van der Waals surface area contributed by atoms with Gasteiger partial charge in [0.25, 0.3) is 0 Å². The first-order chi connectivity index (χ1) is 18.0. The average Bonchev–Trinajstić information content (AvgIpc) is 3.03. The molecule has 0 radical (unpaired) electrons. The van der Waals surface area contributed by atoms with Crippen LogP contribution in [0.4, 0.5) is 19.3 Å². The molecule has 2 aromatic rings.